The van der Waals surface area contributed by atoms with E-state index in [0.29, 0.717) is 13.2 Å². The van der Waals surface area contributed by atoms with Gasteiger partial charge in [-0.25, -0.2) is 4.79 Å². The number of aliphatic hydroxyl groups excluding tert-OH is 1. The number of amides is 1. The van der Waals surface area contributed by atoms with Gasteiger partial charge in [0.2, 0.25) is 0 Å². The van der Waals surface area contributed by atoms with Gasteiger partial charge in [0.05, 0.1) is 6.61 Å². The Balaban J connectivity index is 1.42. The monoisotopic (exact) mass is 338 g/mol. The van der Waals surface area contributed by atoms with E-state index in [1.165, 1.54) is 22.3 Å². The number of nitrogens with one attached hydrogen (secondary N) is 2. The van der Waals surface area contributed by atoms with Crippen molar-refractivity contribution in [3.8, 4) is 11.1 Å². The molecule has 1 fully saturated rings. The number of alkyl carbamates (subject to hydrolysis) is 1. The van der Waals surface area contributed by atoms with E-state index in [1.807, 2.05) is 24.3 Å². The number of benzene rings is 2. The van der Waals surface area contributed by atoms with Gasteiger partial charge >= 0.3 is 6.09 Å². The fraction of sp³-hybridized carbons (Fsp3) is 0.350. The van der Waals surface area contributed by atoms with Crippen LogP contribution in [-0.2, 0) is 4.74 Å². The van der Waals surface area contributed by atoms with Crippen molar-refractivity contribution in [2.45, 2.75) is 24.4 Å². The summed E-state index contributed by atoms with van der Waals surface area (Å²) in [6, 6.07) is 16.6. The van der Waals surface area contributed by atoms with Crippen LogP contribution in [0.1, 0.15) is 23.5 Å². The summed E-state index contributed by atoms with van der Waals surface area (Å²) in [4.78, 5) is 12.2. The fourth-order valence-electron chi connectivity index (χ4n) is 3.87. The molecule has 4 rings (SSSR count). The Bertz CT molecular complexity index is 732. The van der Waals surface area contributed by atoms with Crippen LogP contribution >= 0.6 is 0 Å². The fourth-order valence-corrected chi connectivity index (χ4v) is 3.87. The first-order chi connectivity index (χ1) is 12.3. The predicted molar refractivity (Wildman–Crippen MR) is 95.5 cm³/mol. The molecular formula is C20H22N2O3. The minimum absolute atomic E-state index is 0.00722. The van der Waals surface area contributed by atoms with Crippen molar-refractivity contribution >= 4 is 6.09 Å². The zero-order valence-electron chi connectivity index (χ0n) is 13.9. The van der Waals surface area contributed by atoms with Crippen LogP contribution in [0.2, 0.25) is 0 Å². The SMILES string of the molecule is O=C(N[C@@H]1CN[C@H](CO)C1)OCC1c2ccccc2-c2ccccc21. The van der Waals surface area contributed by atoms with Crippen LogP contribution in [0.5, 0.6) is 0 Å². The molecule has 130 valence electrons. The quantitative estimate of drug-likeness (QED) is 0.800. The molecule has 2 aliphatic rings. The molecule has 1 saturated heterocycles. The first kappa shape index (κ1) is 16.1. The van der Waals surface area contributed by atoms with Crippen LogP contribution in [0.4, 0.5) is 4.79 Å². The van der Waals surface area contributed by atoms with Gasteiger partial charge in [-0.05, 0) is 28.7 Å². The van der Waals surface area contributed by atoms with Gasteiger partial charge < -0.3 is 20.5 Å². The normalized spacial score (nSPS) is 21.6. The summed E-state index contributed by atoms with van der Waals surface area (Å²) in [6.45, 7) is 1.07. The maximum atomic E-state index is 12.2. The number of carbonyl (C=O) groups excluding carboxylic acids is 1. The molecule has 1 aliphatic carbocycles. The van der Waals surface area contributed by atoms with Crippen LogP contribution in [0.15, 0.2) is 48.5 Å². The van der Waals surface area contributed by atoms with Crippen molar-refractivity contribution in [1.82, 2.24) is 10.6 Å². The third-order valence-corrected chi connectivity index (χ3v) is 5.11. The lowest BCUT2D eigenvalue weighted by Gasteiger charge is -2.16. The number of aliphatic hydroxyl groups is 1. The predicted octanol–water partition coefficient (Wildman–Crippen LogP) is 2.25. The molecule has 2 aromatic carbocycles. The largest absolute Gasteiger partial charge is 0.449 e. The van der Waals surface area contributed by atoms with Crippen molar-refractivity contribution in [3.63, 3.8) is 0 Å². The van der Waals surface area contributed by atoms with Crippen molar-refractivity contribution in [2.75, 3.05) is 19.8 Å². The molecule has 5 nitrogen and oxygen atoms in total. The Morgan fingerprint density at radius 2 is 1.76 bits per heavy atom. The van der Waals surface area contributed by atoms with E-state index >= 15 is 0 Å². The van der Waals surface area contributed by atoms with Crippen molar-refractivity contribution in [1.29, 1.82) is 0 Å². The van der Waals surface area contributed by atoms with Gasteiger partial charge in [0.15, 0.2) is 0 Å². The maximum Gasteiger partial charge on any atom is 0.407 e. The molecule has 2 atom stereocenters. The average Bonchev–Trinajstić information content (AvgIpc) is 3.22. The lowest BCUT2D eigenvalue weighted by molar-refractivity contribution is 0.139. The van der Waals surface area contributed by atoms with Gasteiger partial charge in [-0.15, -0.1) is 0 Å². The van der Waals surface area contributed by atoms with Gasteiger partial charge in [-0.2, -0.15) is 0 Å². The van der Waals surface area contributed by atoms with E-state index in [0.717, 1.165) is 6.42 Å². The summed E-state index contributed by atoms with van der Waals surface area (Å²) >= 11 is 0. The lowest BCUT2D eigenvalue weighted by atomic mass is 9.98. The molecule has 2 aromatic rings. The van der Waals surface area contributed by atoms with Crippen LogP contribution < -0.4 is 10.6 Å². The summed E-state index contributed by atoms with van der Waals surface area (Å²) < 4.78 is 5.53. The Morgan fingerprint density at radius 1 is 1.12 bits per heavy atom. The summed E-state index contributed by atoms with van der Waals surface area (Å²) in [7, 11) is 0. The van der Waals surface area contributed by atoms with Gasteiger partial charge in [0, 0.05) is 24.5 Å². The van der Waals surface area contributed by atoms with Gasteiger partial charge in [0.1, 0.15) is 6.61 Å². The molecule has 1 amide bonds. The standard InChI is InChI=1S/C20H22N2O3/c23-11-14-9-13(10-21-14)22-20(24)25-12-19-17-7-3-1-5-15(17)16-6-2-4-8-18(16)19/h1-8,13-14,19,21,23H,9-12H2,(H,22,24)/t13-,14-/m0/s1. The number of fused-ring (bicyclic) bond motifs is 3. The average molecular weight is 338 g/mol. The minimum atomic E-state index is -0.396. The Hall–Kier alpha value is -2.37. The summed E-state index contributed by atoms with van der Waals surface area (Å²) in [5, 5.41) is 15.2. The second-order valence-electron chi connectivity index (χ2n) is 6.69. The highest BCUT2D eigenvalue weighted by atomic mass is 16.5. The van der Waals surface area contributed by atoms with E-state index in [-0.39, 0.29) is 24.6 Å². The minimum Gasteiger partial charge on any atom is -0.449 e. The molecule has 1 aliphatic heterocycles. The van der Waals surface area contributed by atoms with Crippen LogP contribution in [0.3, 0.4) is 0 Å². The lowest BCUT2D eigenvalue weighted by Crippen LogP contribution is -2.37. The highest BCUT2D eigenvalue weighted by molar-refractivity contribution is 5.79. The molecular weight excluding hydrogens is 316 g/mol. The molecule has 0 radical (unpaired) electrons. The summed E-state index contributed by atoms with van der Waals surface area (Å²) in [5.74, 6) is 0.0741. The third-order valence-electron chi connectivity index (χ3n) is 5.11. The summed E-state index contributed by atoms with van der Waals surface area (Å²) in [5.41, 5.74) is 4.86. The van der Waals surface area contributed by atoms with Crippen LogP contribution in [0.25, 0.3) is 11.1 Å². The van der Waals surface area contributed by atoms with E-state index in [9.17, 15) is 4.79 Å². The molecule has 0 unspecified atom stereocenters. The summed E-state index contributed by atoms with van der Waals surface area (Å²) in [6.07, 6.45) is 0.327. The van der Waals surface area contributed by atoms with E-state index in [4.69, 9.17) is 9.84 Å². The van der Waals surface area contributed by atoms with Crippen molar-refractivity contribution in [3.05, 3.63) is 59.7 Å². The number of carbonyl (C=O) groups is 1. The number of ether oxygens (including phenoxy) is 1. The smallest absolute Gasteiger partial charge is 0.407 e. The topological polar surface area (TPSA) is 70.6 Å². The third kappa shape index (κ3) is 3.13. The molecule has 0 aromatic heterocycles. The molecule has 0 bridgehead atoms. The van der Waals surface area contributed by atoms with E-state index < -0.39 is 6.09 Å². The Labute approximate surface area is 147 Å². The number of hydrogen-bond acceptors (Lipinski definition) is 4. The van der Waals surface area contributed by atoms with E-state index in [2.05, 4.69) is 34.9 Å². The molecule has 3 N–H and O–H groups in total. The molecule has 25 heavy (non-hydrogen) atoms. The van der Waals surface area contributed by atoms with E-state index in [1.54, 1.807) is 0 Å². The Morgan fingerprint density at radius 3 is 2.36 bits per heavy atom. The second kappa shape index (κ2) is 6.86. The zero-order chi connectivity index (χ0) is 17.2. The molecule has 0 spiro atoms. The molecule has 1 heterocycles. The Kier molecular flexibility index (Phi) is 4.42. The first-order valence-electron chi connectivity index (χ1n) is 8.72. The van der Waals surface area contributed by atoms with Crippen molar-refractivity contribution in [2.24, 2.45) is 0 Å². The number of rotatable bonds is 4. The number of hydrogen-bond donors (Lipinski definition) is 3. The highest BCUT2D eigenvalue weighted by Crippen LogP contribution is 2.44. The van der Waals surface area contributed by atoms with Crippen molar-refractivity contribution < 1.29 is 14.6 Å². The first-order valence-corrected chi connectivity index (χ1v) is 8.72. The second-order valence-corrected chi connectivity index (χ2v) is 6.69. The zero-order valence-corrected chi connectivity index (χ0v) is 13.9. The highest BCUT2D eigenvalue weighted by Gasteiger charge is 2.30. The molecule has 0 saturated carbocycles. The van der Waals surface area contributed by atoms with Gasteiger partial charge in [-0.1, -0.05) is 48.5 Å². The maximum absolute atomic E-state index is 12.2. The van der Waals surface area contributed by atoms with Gasteiger partial charge in [-0.3, -0.25) is 0 Å². The van der Waals surface area contributed by atoms with Crippen LogP contribution in [-0.4, -0.2) is 43.0 Å². The van der Waals surface area contributed by atoms with Gasteiger partial charge in [0.25, 0.3) is 0 Å². The molecule has 5 heteroatoms. The van der Waals surface area contributed by atoms with Crippen LogP contribution in [0, 0.1) is 0 Å².